The van der Waals surface area contributed by atoms with E-state index in [4.69, 9.17) is 4.74 Å². The van der Waals surface area contributed by atoms with E-state index in [1.165, 1.54) is 17.4 Å². The molecule has 126 valence electrons. The molecular weight excluding hydrogens is 329 g/mol. The molecule has 1 aliphatic heterocycles. The molecule has 1 saturated heterocycles. The maximum atomic E-state index is 13.7. The van der Waals surface area contributed by atoms with Gasteiger partial charge in [-0.3, -0.25) is 4.79 Å². The van der Waals surface area contributed by atoms with Crippen LogP contribution < -0.4 is 5.32 Å². The van der Waals surface area contributed by atoms with E-state index >= 15 is 0 Å². The maximum Gasteiger partial charge on any atom is 0.226 e. The minimum absolute atomic E-state index is 0.0288. The number of carbonyl (C=O) groups is 1. The fourth-order valence-electron chi connectivity index (χ4n) is 3.57. The van der Waals surface area contributed by atoms with Crippen molar-refractivity contribution in [2.75, 3.05) is 18.5 Å². The lowest BCUT2D eigenvalue weighted by molar-refractivity contribution is -0.118. The van der Waals surface area contributed by atoms with E-state index in [0.717, 1.165) is 19.6 Å². The molecule has 1 aliphatic carbocycles. The van der Waals surface area contributed by atoms with Crippen LogP contribution in [-0.2, 0) is 16.0 Å². The van der Waals surface area contributed by atoms with Crippen molar-refractivity contribution < 1.29 is 13.9 Å². The molecule has 1 saturated carbocycles. The van der Waals surface area contributed by atoms with E-state index in [9.17, 15) is 9.18 Å². The highest BCUT2D eigenvalue weighted by Gasteiger charge is 2.45. The lowest BCUT2D eigenvalue weighted by Crippen LogP contribution is -2.37. The van der Waals surface area contributed by atoms with Gasteiger partial charge in [0, 0.05) is 19.4 Å². The van der Waals surface area contributed by atoms with Crippen molar-refractivity contribution in [3.8, 4) is 0 Å². The van der Waals surface area contributed by atoms with Gasteiger partial charge in [-0.05, 0) is 35.8 Å². The van der Waals surface area contributed by atoms with Crippen molar-refractivity contribution in [1.82, 2.24) is 10.2 Å². The van der Waals surface area contributed by atoms with Crippen LogP contribution in [0.25, 0.3) is 0 Å². The first-order valence-electron chi connectivity index (χ1n) is 8.12. The number of amides is 1. The Morgan fingerprint density at radius 2 is 2.21 bits per heavy atom. The number of aromatic nitrogens is 2. The highest BCUT2D eigenvalue weighted by molar-refractivity contribution is 7.15. The lowest BCUT2D eigenvalue weighted by Gasteiger charge is -2.38. The van der Waals surface area contributed by atoms with E-state index in [0.29, 0.717) is 46.3 Å². The SMILES string of the molecule is O=C(CC1C[C@@H]2COC[C@H]12)Nc1nnc(Cc2ccccc2F)s1. The van der Waals surface area contributed by atoms with Gasteiger partial charge < -0.3 is 10.1 Å². The predicted molar refractivity (Wildman–Crippen MR) is 88.3 cm³/mol. The third-order valence-corrected chi connectivity index (χ3v) is 5.76. The van der Waals surface area contributed by atoms with Gasteiger partial charge in [0.2, 0.25) is 11.0 Å². The first-order valence-corrected chi connectivity index (χ1v) is 8.94. The molecular formula is C17H18FN3O2S. The van der Waals surface area contributed by atoms with Crippen molar-refractivity contribution in [3.63, 3.8) is 0 Å². The van der Waals surface area contributed by atoms with Crippen molar-refractivity contribution in [2.24, 2.45) is 17.8 Å². The Kier molecular flexibility index (Phi) is 4.28. The number of benzene rings is 1. The monoisotopic (exact) mass is 347 g/mol. The Morgan fingerprint density at radius 3 is 3.04 bits per heavy atom. The predicted octanol–water partition coefficient (Wildman–Crippen LogP) is 2.88. The van der Waals surface area contributed by atoms with Crippen LogP contribution in [0.3, 0.4) is 0 Å². The van der Waals surface area contributed by atoms with Crippen molar-refractivity contribution >= 4 is 22.4 Å². The number of fused-ring (bicyclic) bond motifs is 1. The van der Waals surface area contributed by atoms with Crippen LogP contribution >= 0.6 is 11.3 Å². The van der Waals surface area contributed by atoms with Crippen LogP contribution in [0.1, 0.15) is 23.4 Å². The number of rotatable bonds is 5. The van der Waals surface area contributed by atoms with Gasteiger partial charge in [-0.2, -0.15) is 0 Å². The molecule has 2 fully saturated rings. The number of hydrogen-bond acceptors (Lipinski definition) is 5. The molecule has 0 radical (unpaired) electrons. The molecule has 7 heteroatoms. The summed E-state index contributed by atoms with van der Waals surface area (Å²) in [7, 11) is 0. The van der Waals surface area contributed by atoms with Gasteiger partial charge in [-0.15, -0.1) is 10.2 Å². The number of anilines is 1. The molecule has 1 N–H and O–H groups in total. The molecule has 2 heterocycles. The summed E-state index contributed by atoms with van der Waals surface area (Å²) in [6.07, 6.45) is 1.96. The second kappa shape index (κ2) is 6.57. The highest BCUT2D eigenvalue weighted by Crippen LogP contribution is 2.46. The van der Waals surface area contributed by atoms with Crippen LogP contribution in [-0.4, -0.2) is 29.3 Å². The third kappa shape index (κ3) is 3.18. The topological polar surface area (TPSA) is 64.1 Å². The summed E-state index contributed by atoms with van der Waals surface area (Å²) in [5, 5.41) is 12.0. The summed E-state index contributed by atoms with van der Waals surface area (Å²) in [5.74, 6) is 1.33. The molecule has 5 nitrogen and oxygen atoms in total. The van der Waals surface area contributed by atoms with Gasteiger partial charge in [0.15, 0.2) is 0 Å². The zero-order valence-electron chi connectivity index (χ0n) is 13.1. The lowest BCUT2D eigenvalue weighted by atomic mass is 9.65. The number of carbonyl (C=O) groups excluding carboxylic acids is 1. The molecule has 4 rings (SSSR count). The molecule has 3 atom stereocenters. The Bertz CT molecular complexity index is 751. The molecule has 2 aromatic rings. The van der Waals surface area contributed by atoms with Gasteiger partial charge in [0.25, 0.3) is 0 Å². The van der Waals surface area contributed by atoms with Crippen LogP contribution in [0.15, 0.2) is 24.3 Å². The maximum absolute atomic E-state index is 13.7. The fourth-order valence-corrected chi connectivity index (χ4v) is 4.35. The standard InChI is InChI=1S/C17H18FN3O2S/c18-14-4-2-1-3-10(14)7-16-20-21-17(24-16)19-15(22)6-11-5-12-8-23-9-13(11)12/h1-4,11-13H,5-9H2,(H,19,21,22)/t11?,12-,13-/m1/s1. The number of nitrogens with one attached hydrogen (secondary N) is 1. The fraction of sp³-hybridized carbons (Fsp3) is 0.471. The van der Waals surface area contributed by atoms with Crippen LogP contribution in [0.5, 0.6) is 0 Å². The second-order valence-corrected chi connectivity index (χ2v) is 7.54. The number of nitrogens with zero attached hydrogens (tertiary/aromatic N) is 2. The Hall–Kier alpha value is -1.86. The largest absolute Gasteiger partial charge is 0.381 e. The van der Waals surface area contributed by atoms with Crippen LogP contribution in [0.4, 0.5) is 9.52 Å². The van der Waals surface area contributed by atoms with E-state index in [-0.39, 0.29) is 11.7 Å². The average Bonchev–Trinajstić information content (AvgIpc) is 3.14. The van der Waals surface area contributed by atoms with E-state index in [1.807, 2.05) is 0 Å². The van der Waals surface area contributed by atoms with Crippen molar-refractivity contribution in [2.45, 2.75) is 19.3 Å². The number of ether oxygens (including phenoxy) is 1. The molecule has 1 amide bonds. The minimum Gasteiger partial charge on any atom is -0.381 e. The zero-order valence-corrected chi connectivity index (χ0v) is 13.9. The van der Waals surface area contributed by atoms with E-state index in [2.05, 4.69) is 15.5 Å². The Morgan fingerprint density at radius 1 is 1.33 bits per heavy atom. The van der Waals surface area contributed by atoms with Gasteiger partial charge in [0.1, 0.15) is 10.8 Å². The Balaban J connectivity index is 1.32. The molecule has 0 bridgehead atoms. The minimum atomic E-state index is -0.253. The molecule has 24 heavy (non-hydrogen) atoms. The Labute approximate surface area is 143 Å². The van der Waals surface area contributed by atoms with Gasteiger partial charge >= 0.3 is 0 Å². The van der Waals surface area contributed by atoms with Gasteiger partial charge in [-0.1, -0.05) is 29.5 Å². The van der Waals surface area contributed by atoms with E-state index < -0.39 is 0 Å². The molecule has 1 aromatic carbocycles. The molecule has 1 unspecified atom stereocenters. The van der Waals surface area contributed by atoms with Gasteiger partial charge in [-0.25, -0.2) is 4.39 Å². The summed E-state index contributed by atoms with van der Waals surface area (Å²) in [5.41, 5.74) is 0.577. The first-order chi connectivity index (χ1) is 11.7. The summed E-state index contributed by atoms with van der Waals surface area (Å²) in [4.78, 5) is 12.2. The normalized spacial score (nSPS) is 25.1. The van der Waals surface area contributed by atoms with Crippen LogP contribution in [0, 0.1) is 23.6 Å². The smallest absolute Gasteiger partial charge is 0.226 e. The van der Waals surface area contributed by atoms with Gasteiger partial charge in [0.05, 0.1) is 6.61 Å². The first kappa shape index (κ1) is 15.7. The highest BCUT2D eigenvalue weighted by atomic mass is 32.1. The summed E-state index contributed by atoms with van der Waals surface area (Å²) in [6.45, 7) is 1.63. The summed E-state index contributed by atoms with van der Waals surface area (Å²) in [6, 6.07) is 6.61. The van der Waals surface area contributed by atoms with Crippen LogP contribution in [0.2, 0.25) is 0 Å². The molecule has 0 spiro atoms. The quantitative estimate of drug-likeness (QED) is 0.903. The average molecular weight is 347 g/mol. The second-order valence-electron chi connectivity index (χ2n) is 6.48. The van der Waals surface area contributed by atoms with E-state index in [1.54, 1.807) is 18.2 Å². The summed E-state index contributed by atoms with van der Waals surface area (Å²) >= 11 is 1.29. The summed E-state index contributed by atoms with van der Waals surface area (Å²) < 4.78 is 19.1. The number of hydrogen-bond donors (Lipinski definition) is 1. The molecule has 1 aromatic heterocycles. The molecule has 2 aliphatic rings. The van der Waals surface area contributed by atoms with Crippen molar-refractivity contribution in [1.29, 1.82) is 0 Å². The zero-order chi connectivity index (χ0) is 16.5. The van der Waals surface area contributed by atoms with Crippen molar-refractivity contribution in [3.05, 3.63) is 40.7 Å². The third-order valence-electron chi connectivity index (χ3n) is 4.92. The number of halogens is 1.